The number of fused-ring (bicyclic) bond motifs is 1. The van der Waals surface area contributed by atoms with Crippen LogP contribution < -0.4 is 10.9 Å². The van der Waals surface area contributed by atoms with Crippen molar-refractivity contribution in [1.82, 2.24) is 25.2 Å². The van der Waals surface area contributed by atoms with Crippen LogP contribution in [0.15, 0.2) is 29.3 Å². The minimum Gasteiger partial charge on any atom is -0.444 e. The Morgan fingerprint density at radius 2 is 2.21 bits per heavy atom. The predicted molar refractivity (Wildman–Crippen MR) is 106 cm³/mol. The van der Waals surface area contributed by atoms with Crippen molar-refractivity contribution in [3.8, 4) is 11.4 Å². The molecule has 0 saturated heterocycles. The molecule has 1 aliphatic heterocycles. The van der Waals surface area contributed by atoms with Crippen LogP contribution in [0, 0.1) is 0 Å². The number of carbonyl (C=O) groups excluding carboxylic acids is 1. The van der Waals surface area contributed by atoms with Crippen LogP contribution in [0.3, 0.4) is 0 Å². The molecule has 1 aliphatic rings. The number of rotatable bonds is 4. The zero-order chi connectivity index (χ0) is 20.3. The number of carbonyl (C=O) groups is 1. The van der Waals surface area contributed by atoms with Crippen molar-refractivity contribution >= 4 is 6.09 Å². The number of aromatic amines is 1. The van der Waals surface area contributed by atoms with Crippen LogP contribution in [0.2, 0.25) is 0 Å². The number of alkyl carbamates (subject to hydrolysis) is 1. The Hall–Kier alpha value is -2.74. The van der Waals surface area contributed by atoms with Gasteiger partial charge in [-0.1, -0.05) is 0 Å². The summed E-state index contributed by atoms with van der Waals surface area (Å²) in [5.41, 5.74) is 1.65. The Bertz CT molecular complexity index is 889. The minimum atomic E-state index is -0.529. The van der Waals surface area contributed by atoms with E-state index in [-0.39, 0.29) is 11.6 Å². The minimum absolute atomic E-state index is 0.0990. The molecule has 0 aliphatic carbocycles. The second-order valence-electron chi connectivity index (χ2n) is 8.11. The first-order chi connectivity index (χ1) is 13.2. The van der Waals surface area contributed by atoms with Crippen molar-refractivity contribution in [2.45, 2.75) is 52.3 Å². The van der Waals surface area contributed by atoms with Crippen LogP contribution in [0.25, 0.3) is 11.4 Å². The number of hydrogen-bond acceptors (Lipinski definition) is 6. The summed E-state index contributed by atoms with van der Waals surface area (Å²) < 4.78 is 5.29. The second kappa shape index (κ2) is 8.10. The fourth-order valence-electron chi connectivity index (χ4n) is 3.22. The Kier molecular flexibility index (Phi) is 5.79. The highest BCUT2D eigenvalue weighted by atomic mass is 16.6. The number of ether oxygens (including phenoxy) is 1. The van der Waals surface area contributed by atoms with E-state index in [1.807, 2.05) is 39.8 Å². The van der Waals surface area contributed by atoms with Crippen molar-refractivity contribution in [2.24, 2.45) is 0 Å². The number of H-pyrrole nitrogens is 1. The number of hydrogen-bond donors (Lipinski definition) is 2. The largest absolute Gasteiger partial charge is 0.444 e. The molecule has 0 spiro atoms. The lowest BCUT2D eigenvalue weighted by Gasteiger charge is -2.30. The lowest BCUT2D eigenvalue weighted by molar-refractivity contribution is 0.0495. The normalized spacial score (nSPS) is 15.6. The van der Waals surface area contributed by atoms with Crippen molar-refractivity contribution in [3.05, 3.63) is 46.1 Å². The Morgan fingerprint density at radius 1 is 1.43 bits per heavy atom. The smallest absolute Gasteiger partial charge is 0.407 e. The van der Waals surface area contributed by atoms with Gasteiger partial charge in [-0.25, -0.2) is 9.78 Å². The average molecular weight is 385 g/mol. The van der Waals surface area contributed by atoms with Crippen LogP contribution in [-0.4, -0.2) is 50.7 Å². The summed E-state index contributed by atoms with van der Waals surface area (Å²) in [4.78, 5) is 38.2. The van der Waals surface area contributed by atoms with Gasteiger partial charge in [0.1, 0.15) is 11.4 Å². The van der Waals surface area contributed by atoms with E-state index in [0.29, 0.717) is 30.9 Å². The molecule has 3 heterocycles. The molecule has 1 atom stereocenters. The van der Waals surface area contributed by atoms with Gasteiger partial charge in [0.2, 0.25) is 0 Å². The van der Waals surface area contributed by atoms with Crippen molar-refractivity contribution in [3.63, 3.8) is 0 Å². The van der Waals surface area contributed by atoms with Crippen LogP contribution in [0.1, 0.15) is 39.0 Å². The molecule has 0 saturated carbocycles. The van der Waals surface area contributed by atoms with E-state index >= 15 is 0 Å². The first-order valence-corrected chi connectivity index (χ1v) is 9.45. The summed E-state index contributed by atoms with van der Waals surface area (Å²) >= 11 is 0. The predicted octanol–water partition coefficient (Wildman–Crippen LogP) is 2.10. The van der Waals surface area contributed by atoms with E-state index in [1.165, 1.54) is 0 Å². The van der Waals surface area contributed by atoms with Gasteiger partial charge in [0.15, 0.2) is 0 Å². The lowest BCUT2D eigenvalue weighted by atomic mass is 10.1. The van der Waals surface area contributed by atoms with Gasteiger partial charge in [0, 0.05) is 50.1 Å². The molecule has 28 heavy (non-hydrogen) atoms. The number of nitrogens with zero attached hydrogens (tertiary/aromatic N) is 3. The maximum atomic E-state index is 12.6. The monoisotopic (exact) mass is 385 g/mol. The van der Waals surface area contributed by atoms with Crippen LogP contribution >= 0.6 is 0 Å². The Balaban J connectivity index is 1.65. The molecule has 0 radical (unpaired) electrons. The van der Waals surface area contributed by atoms with E-state index in [2.05, 4.69) is 25.2 Å². The molecule has 1 amide bonds. The molecule has 8 nitrogen and oxygen atoms in total. The van der Waals surface area contributed by atoms with E-state index in [9.17, 15) is 9.59 Å². The Labute approximate surface area is 164 Å². The van der Waals surface area contributed by atoms with Crippen LogP contribution in [0.5, 0.6) is 0 Å². The molecule has 0 bridgehead atoms. The molecule has 1 unspecified atom stereocenters. The van der Waals surface area contributed by atoms with Crippen molar-refractivity contribution in [1.29, 1.82) is 0 Å². The third-order valence-electron chi connectivity index (χ3n) is 4.38. The molecular weight excluding hydrogens is 358 g/mol. The van der Waals surface area contributed by atoms with Gasteiger partial charge in [0.05, 0.1) is 11.3 Å². The summed E-state index contributed by atoms with van der Waals surface area (Å²) in [6.45, 7) is 9.32. The highest BCUT2D eigenvalue weighted by Crippen LogP contribution is 2.18. The van der Waals surface area contributed by atoms with Crippen LogP contribution in [-0.2, 0) is 17.7 Å². The SMILES string of the molecule is CC(CN1CCc2nc(-c3cccnc3)[nH]c(=O)c2C1)NC(=O)OC(C)(C)C. The fourth-order valence-corrected chi connectivity index (χ4v) is 3.22. The summed E-state index contributed by atoms with van der Waals surface area (Å²) in [5.74, 6) is 0.547. The van der Waals surface area contributed by atoms with E-state index < -0.39 is 11.7 Å². The molecule has 0 fully saturated rings. The quantitative estimate of drug-likeness (QED) is 0.836. The summed E-state index contributed by atoms with van der Waals surface area (Å²) in [7, 11) is 0. The molecule has 2 aromatic heterocycles. The maximum absolute atomic E-state index is 12.6. The first kappa shape index (κ1) is 20.0. The summed E-state index contributed by atoms with van der Waals surface area (Å²) in [6, 6.07) is 3.59. The molecule has 3 rings (SSSR count). The topological polar surface area (TPSA) is 100 Å². The number of nitrogens with one attached hydrogen (secondary N) is 2. The fraction of sp³-hybridized carbons (Fsp3) is 0.500. The third kappa shape index (κ3) is 5.16. The molecule has 2 aromatic rings. The zero-order valence-corrected chi connectivity index (χ0v) is 16.8. The third-order valence-corrected chi connectivity index (χ3v) is 4.38. The molecule has 0 aromatic carbocycles. The van der Waals surface area contributed by atoms with Gasteiger partial charge >= 0.3 is 6.09 Å². The van der Waals surface area contributed by atoms with Gasteiger partial charge in [0.25, 0.3) is 5.56 Å². The average Bonchev–Trinajstić information content (AvgIpc) is 2.61. The van der Waals surface area contributed by atoms with Gasteiger partial charge in [-0.15, -0.1) is 0 Å². The lowest BCUT2D eigenvalue weighted by Crippen LogP contribution is -2.46. The van der Waals surface area contributed by atoms with Crippen molar-refractivity contribution < 1.29 is 9.53 Å². The van der Waals surface area contributed by atoms with Crippen molar-refractivity contribution in [2.75, 3.05) is 13.1 Å². The highest BCUT2D eigenvalue weighted by Gasteiger charge is 2.24. The van der Waals surface area contributed by atoms with E-state index in [0.717, 1.165) is 17.8 Å². The van der Waals surface area contributed by atoms with Gasteiger partial charge in [-0.3, -0.25) is 14.7 Å². The molecular formula is C20H27N5O3. The van der Waals surface area contributed by atoms with Gasteiger partial charge in [-0.05, 0) is 39.8 Å². The molecule has 8 heteroatoms. The standard InChI is InChI=1S/C20H27N5O3/c1-13(22-19(27)28-20(2,3)4)11-25-9-7-16-15(12-25)18(26)24-17(23-16)14-6-5-8-21-10-14/h5-6,8,10,13H,7,9,11-12H2,1-4H3,(H,22,27)(H,23,24,26). The zero-order valence-electron chi connectivity index (χ0n) is 16.8. The number of pyridine rings is 1. The van der Waals surface area contributed by atoms with Gasteiger partial charge < -0.3 is 15.0 Å². The maximum Gasteiger partial charge on any atom is 0.407 e. The molecule has 150 valence electrons. The number of aromatic nitrogens is 3. The van der Waals surface area contributed by atoms with Gasteiger partial charge in [-0.2, -0.15) is 0 Å². The highest BCUT2D eigenvalue weighted by molar-refractivity contribution is 5.68. The number of amides is 1. The van der Waals surface area contributed by atoms with E-state index in [4.69, 9.17) is 4.74 Å². The summed E-state index contributed by atoms with van der Waals surface area (Å²) in [5, 5.41) is 2.84. The first-order valence-electron chi connectivity index (χ1n) is 9.45. The summed E-state index contributed by atoms with van der Waals surface area (Å²) in [6.07, 6.45) is 3.62. The van der Waals surface area contributed by atoms with Crippen LogP contribution in [0.4, 0.5) is 4.79 Å². The second-order valence-corrected chi connectivity index (χ2v) is 8.11. The Morgan fingerprint density at radius 3 is 2.89 bits per heavy atom. The van der Waals surface area contributed by atoms with E-state index in [1.54, 1.807) is 12.4 Å². The molecule has 2 N–H and O–H groups in total.